The highest BCUT2D eigenvalue weighted by Crippen LogP contribution is 2.15. The molecule has 0 radical (unpaired) electrons. The van der Waals surface area contributed by atoms with E-state index in [2.05, 4.69) is 18.8 Å². The van der Waals surface area contributed by atoms with Gasteiger partial charge >= 0.3 is 5.97 Å². The molecule has 136 valence electrons. The largest absolute Gasteiger partial charge is 0.494 e. The maximum atomic E-state index is 12.2. The molecule has 2 heterocycles. The third kappa shape index (κ3) is 4.49. The molecule has 0 aliphatic rings. The number of fused-ring (bicyclic) bond motifs is 1. The van der Waals surface area contributed by atoms with E-state index in [0.29, 0.717) is 28.7 Å². The lowest BCUT2D eigenvalue weighted by molar-refractivity contribution is 0.0467. The van der Waals surface area contributed by atoms with Crippen LogP contribution >= 0.6 is 11.3 Å². The van der Waals surface area contributed by atoms with Gasteiger partial charge in [0, 0.05) is 17.6 Å². The molecule has 0 bridgehead atoms. The lowest BCUT2D eigenvalue weighted by atomic mass is 10.1. The minimum atomic E-state index is -0.466. The molecule has 0 N–H and O–H groups in total. The second-order valence-corrected chi connectivity index (χ2v) is 7.15. The molecule has 2 aromatic heterocycles. The zero-order valence-corrected chi connectivity index (χ0v) is 15.5. The molecule has 0 saturated carbocycles. The zero-order chi connectivity index (χ0) is 18.5. The summed E-state index contributed by atoms with van der Waals surface area (Å²) < 4.78 is 12.3. The van der Waals surface area contributed by atoms with Gasteiger partial charge in [-0.25, -0.2) is 9.78 Å². The van der Waals surface area contributed by atoms with E-state index >= 15 is 0 Å². The SMILES string of the molecule is CC(C)CCOc1ccc(C(=O)OCc2cc(=O)n3ccsc3n2)cc1. The fourth-order valence-electron chi connectivity index (χ4n) is 2.28. The van der Waals surface area contributed by atoms with Crippen LogP contribution in [0.15, 0.2) is 46.7 Å². The summed E-state index contributed by atoms with van der Waals surface area (Å²) in [7, 11) is 0. The number of hydrogen-bond donors (Lipinski definition) is 0. The molecule has 0 saturated heterocycles. The first-order valence-corrected chi connectivity index (χ1v) is 9.26. The van der Waals surface area contributed by atoms with Crippen molar-refractivity contribution in [3.63, 3.8) is 0 Å². The number of ether oxygens (including phenoxy) is 2. The molecule has 0 aliphatic heterocycles. The summed E-state index contributed by atoms with van der Waals surface area (Å²) in [5, 5.41) is 1.78. The van der Waals surface area contributed by atoms with Crippen molar-refractivity contribution in [2.75, 3.05) is 6.61 Å². The van der Waals surface area contributed by atoms with E-state index in [-0.39, 0.29) is 12.2 Å². The number of aromatic nitrogens is 2. The van der Waals surface area contributed by atoms with Crippen molar-refractivity contribution >= 4 is 22.3 Å². The van der Waals surface area contributed by atoms with Gasteiger partial charge < -0.3 is 9.47 Å². The highest BCUT2D eigenvalue weighted by Gasteiger charge is 2.10. The second kappa shape index (κ2) is 8.14. The molecule has 0 fully saturated rings. The van der Waals surface area contributed by atoms with Crippen molar-refractivity contribution in [2.45, 2.75) is 26.9 Å². The van der Waals surface area contributed by atoms with Crippen LogP contribution < -0.4 is 10.3 Å². The van der Waals surface area contributed by atoms with E-state index in [4.69, 9.17) is 9.47 Å². The molecule has 3 rings (SSSR count). The summed E-state index contributed by atoms with van der Waals surface area (Å²) >= 11 is 1.35. The van der Waals surface area contributed by atoms with Crippen molar-refractivity contribution < 1.29 is 14.3 Å². The summed E-state index contributed by atoms with van der Waals surface area (Å²) in [5.74, 6) is 0.839. The Labute approximate surface area is 155 Å². The third-order valence-electron chi connectivity index (χ3n) is 3.76. The summed E-state index contributed by atoms with van der Waals surface area (Å²) in [5.41, 5.74) is 0.666. The molecule has 0 aliphatic carbocycles. The number of carbonyl (C=O) groups excluding carboxylic acids is 1. The predicted octanol–water partition coefficient (Wildman–Crippen LogP) is 3.54. The van der Waals surface area contributed by atoms with Gasteiger partial charge in [-0.2, -0.15) is 0 Å². The van der Waals surface area contributed by atoms with Crippen LogP contribution in [0.2, 0.25) is 0 Å². The van der Waals surface area contributed by atoms with Crippen molar-refractivity contribution in [1.29, 1.82) is 0 Å². The minimum Gasteiger partial charge on any atom is -0.494 e. The average Bonchev–Trinajstić information content (AvgIpc) is 3.09. The highest BCUT2D eigenvalue weighted by atomic mass is 32.1. The Balaban J connectivity index is 1.58. The molecule has 6 nitrogen and oxygen atoms in total. The van der Waals surface area contributed by atoms with E-state index in [1.807, 2.05) is 0 Å². The Hall–Kier alpha value is -2.67. The van der Waals surface area contributed by atoms with Crippen LogP contribution in [-0.4, -0.2) is 22.0 Å². The molecule has 3 aromatic rings. The molecule has 26 heavy (non-hydrogen) atoms. The highest BCUT2D eigenvalue weighted by molar-refractivity contribution is 7.15. The number of thiazole rings is 1. The molecule has 0 spiro atoms. The summed E-state index contributed by atoms with van der Waals surface area (Å²) in [6, 6.07) is 8.20. The number of hydrogen-bond acceptors (Lipinski definition) is 6. The van der Waals surface area contributed by atoms with Gasteiger partial charge in [-0.1, -0.05) is 13.8 Å². The van der Waals surface area contributed by atoms with Gasteiger partial charge in [0.25, 0.3) is 5.56 Å². The summed E-state index contributed by atoms with van der Waals surface area (Å²) in [6.45, 7) is 4.88. The Morgan fingerprint density at radius 1 is 1.27 bits per heavy atom. The standard InChI is InChI=1S/C19H20N2O4S/c1-13(2)7-9-24-16-5-3-14(4-6-16)18(23)25-12-15-11-17(22)21-8-10-26-19(21)20-15/h3-6,8,10-11,13H,7,9,12H2,1-2H3. The summed E-state index contributed by atoms with van der Waals surface area (Å²) in [4.78, 5) is 29.0. The molecule has 0 atom stereocenters. The van der Waals surface area contributed by atoms with E-state index in [0.717, 1.165) is 12.2 Å². The average molecular weight is 372 g/mol. The van der Waals surface area contributed by atoms with Crippen LogP contribution in [0.25, 0.3) is 4.96 Å². The third-order valence-corrected chi connectivity index (χ3v) is 4.52. The maximum Gasteiger partial charge on any atom is 0.338 e. The lowest BCUT2D eigenvalue weighted by Gasteiger charge is -2.09. The van der Waals surface area contributed by atoms with Gasteiger partial charge in [0.2, 0.25) is 0 Å². The van der Waals surface area contributed by atoms with Crippen molar-refractivity contribution in [2.24, 2.45) is 5.92 Å². The van der Waals surface area contributed by atoms with E-state index in [9.17, 15) is 9.59 Å². The number of benzene rings is 1. The number of nitrogens with zero attached hydrogens (tertiary/aromatic N) is 2. The van der Waals surface area contributed by atoms with Gasteiger partial charge in [-0.05, 0) is 36.6 Å². The maximum absolute atomic E-state index is 12.2. The number of esters is 1. The van der Waals surface area contributed by atoms with Gasteiger partial charge in [0.15, 0.2) is 4.96 Å². The first kappa shape index (κ1) is 18.1. The van der Waals surface area contributed by atoms with Crippen LogP contribution in [0.5, 0.6) is 5.75 Å². The fourth-order valence-corrected chi connectivity index (χ4v) is 3.02. The quantitative estimate of drug-likeness (QED) is 0.593. The fraction of sp³-hybridized carbons (Fsp3) is 0.316. The number of rotatable bonds is 7. The predicted molar refractivity (Wildman–Crippen MR) is 99.9 cm³/mol. The first-order chi connectivity index (χ1) is 12.5. The lowest BCUT2D eigenvalue weighted by Crippen LogP contribution is -2.14. The smallest absolute Gasteiger partial charge is 0.338 e. The molecular formula is C19H20N2O4S. The molecular weight excluding hydrogens is 352 g/mol. The normalized spacial score (nSPS) is 11.0. The Morgan fingerprint density at radius 3 is 2.77 bits per heavy atom. The van der Waals surface area contributed by atoms with Crippen LogP contribution in [0.4, 0.5) is 0 Å². The number of carbonyl (C=O) groups is 1. The summed E-state index contributed by atoms with van der Waals surface area (Å²) in [6.07, 6.45) is 2.64. The zero-order valence-electron chi connectivity index (χ0n) is 14.7. The van der Waals surface area contributed by atoms with Crippen LogP contribution in [0.1, 0.15) is 36.3 Å². The van der Waals surface area contributed by atoms with Gasteiger partial charge in [-0.3, -0.25) is 9.20 Å². The van der Waals surface area contributed by atoms with Gasteiger partial charge in [0.05, 0.1) is 17.9 Å². The van der Waals surface area contributed by atoms with Crippen LogP contribution in [-0.2, 0) is 11.3 Å². The Bertz CT molecular complexity index is 944. The van der Waals surface area contributed by atoms with Gasteiger partial charge in [-0.15, -0.1) is 11.3 Å². The van der Waals surface area contributed by atoms with Crippen molar-refractivity contribution in [3.05, 3.63) is 63.5 Å². The first-order valence-electron chi connectivity index (χ1n) is 8.38. The van der Waals surface area contributed by atoms with Crippen molar-refractivity contribution in [3.8, 4) is 5.75 Å². The molecule has 7 heteroatoms. The monoisotopic (exact) mass is 372 g/mol. The van der Waals surface area contributed by atoms with E-state index in [1.165, 1.54) is 21.8 Å². The van der Waals surface area contributed by atoms with E-state index < -0.39 is 5.97 Å². The molecule has 1 aromatic carbocycles. The van der Waals surface area contributed by atoms with E-state index in [1.54, 1.807) is 35.8 Å². The second-order valence-electron chi connectivity index (χ2n) is 6.27. The minimum absolute atomic E-state index is 0.0465. The van der Waals surface area contributed by atoms with Gasteiger partial charge in [0.1, 0.15) is 12.4 Å². The topological polar surface area (TPSA) is 69.9 Å². The molecule has 0 unspecified atom stereocenters. The Morgan fingerprint density at radius 2 is 2.04 bits per heavy atom. The van der Waals surface area contributed by atoms with Crippen LogP contribution in [0.3, 0.4) is 0 Å². The van der Waals surface area contributed by atoms with Crippen molar-refractivity contribution in [1.82, 2.24) is 9.38 Å². The van der Waals surface area contributed by atoms with Crippen LogP contribution in [0, 0.1) is 5.92 Å². The molecule has 0 amide bonds. The Kier molecular flexibility index (Phi) is 5.68.